The van der Waals surface area contributed by atoms with E-state index in [9.17, 15) is 0 Å². The zero-order chi connectivity index (χ0) is 14.7. The van der Waals surface area contributed by atoms with E-state index in [0.29, 0.717) is 0 Å². The van der Waals surface area contributed by atoms with E-state index in [1.165, 1.54) is 22.3 Å². The number of ether oxygens (including phenoxy) is 1. The molecule has 3 rings (SSSR count). The quantitative estimate of drug-likeness (QED) is 0.934. The first-order chi connectivity index (χ1) is 10.3. The third kappa shape index (κ3) is 2.66. The molecule has 0 saturated heterocycles. The van der Waals surface area contributed by atoms with Gasteiger partial charge in [-0.3, -0.25) is 4.98 Å². The lowest BCUT2D eigenvalue weighted by Gasteiger charge is -2.26. The summed E-state index contributed by atoms with van der Waals surface area (Å²) in [5, 5.41) is 3.45. The molecule has 0 spiro atoms. The highest BCUT2D eigenvalue weighted by Gasteiger charge is 2.22. The molecule has 1 aliphatic rings. The fourth-order valence-corrected chi connectivity index (χ4v) is 3.14. The van der Waals surface area contributed by atoms with Gasteiger partial charge in [-0.15, -0.1) is 0 Å². The van der Waals surface area contributed by atoms with Crippen molar-refractivity contribution in [2.45, 2.75) is 32.2 Å². The van der Waals surface area contributed by atoms with Crippen molar-refractivity contribution in [3.05, 3.63) is 58.9 Å². The zero-order valence-corrected chi connectivity index (χ0v) is 12.7. The van der Waals surface area contributed by atoms with Gasteiger partial charge in [0.15, 0.2) is 0 Å². The van der Waals surface area contributed by atoms with Crippen LogP contribution in [0.25, 0.3) is 0 Å². The summed E-state index contributed by atoms with van der Waals surface area (Å²) < 4.78 is 5.98. The molecule has 0 amide bonds. The normalized spacial score (nSPS) is 15.1. The van der Waals surface area contributed by atoms with Gasteiger partial charge in [0.25, 0.3) is 0 Å². The van der Waals surface area contributed by atoms with Crippen molar-refractivity contribution in [2.75, 3.05) is 13.7 Å². The summed E-state index contributed by atoms with van der Waals surface area (Å²) in [6.07, 6.45) is 7.04. The van der Waals surface area contributed by atoms with E-state index < -0.39 is 0 Å². The van der Waals surface area contributed by atoms with Gasteiger partial charge in [0.1, 0.15) is 5.75 Å². The molecule has 110 valence electrons. The number of aryl methyl sites for hydroxylation is 2. The van der Waals surface area contributed by atoms with Gasteiger partial charge in [0, 0.05) is 18.0 Å². The molecule has 21 heavy (non-hydrogen) atoms. The van der Waals surface area contributed by atoms with Gasteiger partial charge in [-0.2, -0.15) is 0 Å². The molecule has 1 N–H and O–H groups in total. The van der Waals surface area contributed by atoms with Crippen molar-refractivity contribution in [2.24, 2.45) is 0 Å². The average Bonchev–Trinajstić information content (AvgIpc) is 2.56. The first kappa shape index (κ1) is 14.1. The van der Waals surface area contributed by atoms with Crippen molar-refractivity contribution in [1.82, 2.24) is 10.3 Å². The van der Waals surface area contributed by atoms with Crippen LogP contribution in [0.1, 0.15) is 41.6 Å². The minimum absolute atomic E-state index is 0.149. The van der Waals surface area contributed by atoms with E-state index in [1.807, 2.05) is 19.4 Å². The summed E-state index contributed by atoms with van der Waals surface area (Å²) in [6.45, 7) is 2.99. The fourth-order valence-electron chi connectivity index (χ4n) is 3.14. The maximum Gasteiger partial charge on any atom is 0.127 e. The summed E-state index contributed by atoms with van der Waals surface area (Å²) in [4.78, 5) is 4.25. The maximum atomic E-state index is 5.98. The van der Waals surface area contributed by atoms with Crippen LogP contribution in [-0.2, 0) is 12.8 Å². The molecule has 1 aromatic carbocycles. The fraction of sp³-hybridized carbons (Fsp3) is 0.389. The summed E-state index contributed by atoms with van der Waals surface area (Å²) in [5.74, 6) is 1.07. The summed E-state index contributed by atoms with van der Waals surface area (Å²) in [5.41, 5.74) is 5.13. The van der Waals surface area contributed by atoms with E-state index in [0.717, 1.165) is 31.6 Å². The van der Waals surface area contributed by atoms with E-state index in [-0.39, 0.29) is 6.04 Å². The lowest BCUT2D eigenvalue weighted by Crippen LogP contribution is -2.22. The predicted octanol–water partition coefficient (Wildman–Crippen LogP) is 3.28. The molecule has 1 unspecified atom stereocenters. The Bertz CT molecular complexity index is 624. The number of para-hydroxylation sites is 1. The number of hydrogen-bond donors (Lipinski definition) is 1. The predicted molar refractivity (Wildman–Crippen MR) is 84.8 cm³/mol. The molecule has 1 atom stereocenters. The van der Waals surface area contributed by atoms with E-state index in [4.69, 9.17) is 4.74 Å². The molecule has 0 bridgehead atoms. The molecule has 3 heteroatoms. The van der Waals surface area contributed by atoms with E-state index in [1.54, 1.807) is 0 Å². The van der Waals surface area contributed by atoms with E-state index in [2.05, 4.69) is 41.5 Å². The Balaban J connectivity index is 2.08. The molecular weight excluding hydrogens is 260 g/mol. The van der Waals surface area contributed by atoms with Crippen molar-refractivity contribution < 1.29 is 4.74 Å². The molecule has 3 nitrogen and oxygen atoms in total. The van der Waals surface area contributed by atoms with Gasteiger partial charge in [-0.1, -0.05) is 25.1 Å². The Morgan fingerprint density at radius 1 is 1.29 bits per heavy atom. The number of aromatic nitrogens is 1. The van der Waals surface area contributed by atoms with Crippen LogP contribution in [0.3, 0.4) is 0 Å². The zero-order valence-electron chi connectivity index (χ0n) is 12.7. The average molecular weight is 282 g/mol. The summed E-state index contributed by atoms with van der Waals surface area (Å²) in [7, 11) is 2.01. The first-order valence-electron chi connectivity index (χ1n) is 7.69. The number of hydrogen-bond acceptors (Lipinski definition) is 3. The third-order valence-corrected chi connectivity index (χ3v) is 4.20. The second kappa shape index (κ2) is 6.27. The first-order valence-corrected chi connectivity index (χ1v) is 7.69. The Hall–Kier alpha value is -1.87. The van der Waals surface area contributed by atoms with Crippen LogP contribution in [-0.4, -0.2) is 18.6 Å². The van der Waals surface area contributed by atoms with Crippen LogP contribution in [0.5, 0.6) is 5.75 Å². The second-order valence-electron chi connectivity index (χ2n) is 5.44. The molecule has 2 heterocycles. The summed E-state index contributed by atoms with van der Waals surface area (Å²) in [6, 6.07) is 8.75. The number of rotatable bonds is 4. The number of nitrogens with zero attached hydrogens (tertiary/aromatic N) is 1. The highest BCUT2D eigenvalue weighted by molar-refractivity contribution is 5.48. The molecule has 0 saturated carbocycles. The highest BCUT2D eigenvalue weighted by Crippen LogP contribution is 2.36. The van der Waals surface area contributed by atoms with Gasteiger partial charge in [-0.25, -0.2) is 0 Å². The molecule has 0 fully saturated rings. The topological polar surface area (TPSA) is 34.2 Å². The van der Waals surface area contributed by atoms with Gasteiger partial charge >= 0.3 is 0 Å². The van der Waals surface area contributed by atoms with Crippen LogP contribution in [0, 0.1) is 0 Å². The lowest BCUT2D eigenvalue weighted by molar-refractivity contribution is 0.283. The van der Waals surface area contributed by atoms with Gasteiger partial charge < -0.3 is 10.1 Å². The minimum atomic E-state index is 0.149. The third-order valence-electron chi connectivity index (χ3n) is 4.20. The molecular formula is C18H22N2O. The molecule has 0 aliphatic carbocycles. The number of nitrogens with one attached hydrogen (secondary N) is 1. The van der Waals surface area contributed by atoms with Gasteiger partial charge in [0.2, 0.25) is 0 Å². The smallest absolute Gasteiger partial charge is 0.127 e. The summed E-state index contributed by atoms with van der Waals surface area (Å²) >= 11 is 0. The van der Waals surface area contributed by atoms with Crippen LogP contribution < -0.4 is 10.1 Å². The Morgan fingerprint density at radius 3 is 3.00 bits per heavy atom. The van der Waals surface area contributed by atoms with Crippen LogP contribution in [0.2, 0.25) is 0 Å². The maximum absolute atomic E-state index is 5.98. The molecule has 1 aliphatic heterocycles. The number of fused-ring (bicyclic) bond motifs is 1. The minimum Gasteiger partial charge on any atom is -0.493 e. The Morgan fingerprint density at radius 2 is 2.19 bits per heavy atom. The molecule has 2 aromatic rings. The molecule has 0 radical (unpaired) electrons. The van der Waals surface area contributed by atoms with Crippen LogP contribution in [0.4, 0.5) is 0 Å². The van der Waals surface area contributed by atoms with E-state index >= 15 is 0 Å². The lowest BCUT2D eigenvalue weighted by atomic mass is 9.91. The Labute approximate surface area is 126 Å². The van der Waals surface area contributed by atoms with Crippen molar-refractivity contribution in [1.29, 1.82) is 0 Å². The van der Waals surface area contributed by atoms with Crippen LogP contribution in [0.15, 0.2) is 36.7 Å². The van der Waals surface area contributed by atoms with Crippen molar-refractivity contribution in [3.8, 4) is 5.75 Å². The van der Waals surface area contributed by atoms with Crippen molar-refractivity contribution in [3.63, 3.8) is 0 Å². The SMILES string of the molecule is CCc1cnccc1C(NC)c1cccc2c1OCCC2. The largest absolute Gasteiger partial charge is 0.493 e. The number of benzene rings is 1. The van der Waals surface area contributed by atoms with Gasteiger partial charge in [-0.05, 0) is 49.1 Å². The highest BCUT2D eigenvalue weighted by atomic mass is 16.5. The van der Waals surface area contributed by atoms with Crippen molar-refractivity contribution >= 4 is 0 Å². The monoisotopic (exact) mass is 282 g/mol. The van der Waals surface area contributed by atoms with Gasteiger partial charge in [0.05, 0.1) is 12.6 Å². The Kier molecular flexibility index (Phi) is 4.20. The molecule has 1 aromatic heterocycles. The van der Waals surface area contributed by atoms with Crippen LogP contribution >= 0.6 is 0 Å². The second-order valence-corrected chi connectivity index (χ2v) is 5.44. The number of pyridine rings is 1. The standard InChI is InChI=1S/C18H22N2O/c1-3-13-12-20-10-9-15(13)17(19-2)16-8-4-6-14-7-5-11-21-18(14)16/h4,6,8-10,12,17,19H,3,5,7,11H2,1-2H3.